The molecule has 0 unspecified atom stereocenters. The topological polar surface area (TPSA) is 80.5 Å². The Kier molecular flexibility index (Phi) is 1.48. The Morgan fingerprint density at radius 1 is 1.08 bits per heavy atom. The number of nitrogen functional groups attached to an aromatic ring is 1. The summed E-state index contributed by atoms with van der Waals surface area (Å²) in [4.78, 5) is 14.8. The van der Waals surface area contributed by atoms with E-state index in [2.05, 4.69) is 19.9 Å². The minimum atomic E-state index is 0.382. The standard InChI is InChI=1S/C7H7N5/c8-6-5(9-1-2-10-6)7-11-3-4-12-7/h1-4H,(H2,8,10)(H,11,12). The number of anilines is 1. The zero-order valence-electron chi connectivity index (χ0n) is 6.23. The van der Waals surface area contributed by atoms with Crippen LogP contribution in [0.1, 0.15) is 0 Å². The fourth-order valence-electron chi connectivity index (χ4n) is 0.926. The number of rotatable bonds is 1. The molecule has 2 rings (SSSR count). The second kappa shape index (κ2) is 2.61. The highest BCUT2D eigenvalue weighted by Gasteiger charge is 2.05. The van der Waals surface area contributed by atoms with Crippen LogP contribution < -0.4 is 5.73 Å². The molecule has 0 aromatic carbocycles. The molecule has 12 heavy (non-hydrogen) atoms. The molecule has 0 spiro atoms. The molecule has 0 fully saturated rings. The monoisotopic (exact) mass is 161 g/mol. The summed E-state index contributed by atoms with van der Waals surface area (Å²) in [5.41, 5.74) is 6.16. The maximum atomic E-state index is 5.58. The zero-order chi connectivity index (χ0) is 8.39. The van der Waals surface area contributed by atoms with Crippen molar-refractivity contribution in [2.24, 2.45) is 0 Å². The predicted molar refractivity (Wildman–Crippen MR) is 44.0 cm³/mol. The Labute approximate surface area is 68.7 Å². The third kappa shape index (κ3) is 1.01. The highest BCUT2D eigenvalue weighted by Crippen LogP contribution is 2.15. The van der Waals surface area contributed by atoms with Crippen molar-refractivity contribution in [2.45, 2.75) is 0 Å². The van der Waals surface area contributed by atoms with Crippen LogP contribution in [0.4, 0.5) is 5.82 Å². The van der Waals surface area contributed by atoms with Crippen molar-refractivity contribution in [2.75, 3.05) is 5.73 Å². The molecular formula is C7H7N5. The van der Waals surface area contributed by atoms with E-state index in [0.29, 0.717) is 17.3 Å². The molecule has 2 aromatic heterocycles. The van der Waals surface area contributed by atoms with Crippen molar-refractivity contribution >= 4 is 5.82 Å². The van der Waals surface area contributed by atoms with E-state index in [4.69, 9.17) is 5.73 Å². The van der Waals surface area contributed by atoms with Gasteiger partial charge in [-0.3, -0.25) is 0 Å². The van der Waals surface area contributed by atoms with E-state index in [1.165, 1.54) is 0 Å². The fourth-order valence-corrected chi connectivity index (χ4v) is 0.926. The smallest absolute Gasteiger partial charge is 0.159 e. The number of nitrogens with two attached hydrogens (primary N) is 1. The van der Waals surface area contributed by atoms with Gasteiger partial charge < -0.3 is 10.7 Å². The Hall–Kier alpha value is -1.91. The lowest BCUT2D eigenvalue weighted by atomic mass is 10.4. The van der Waals surface area contributed by atoms with Crippen LogP contribution in [0.5, 0.6) is 0 Å². The van der Waals surface area contributed by atoms with Gasteiger partial charge in [0.25, 0.3) is 0 Å². The Bertz CT molecular complexity index is 367. The average molecular weight is 161 g/mol. The quantitative estimate of drug-likeness (QED) is 0.636. The molecule has 0 aliphatic heterocycles. The summed E-state index contributed by atoms with van der Waals surface area (Å²) in [6.45, 7) is 0. The lowest BCUT2D eigenvalue weighted by molar-refractivity contribution is 1.17. The lowest BCUT2D eigenvalue weighted by Gasteiger charge is -1.97. The van der Waals surface area contributed by atoms with Crippen molar-refractivity contribution in [3.8, 4) is 11.5 Å². The number of hydrogen-bond donors (Lipinski definition) is 2. The maximum Gasteiger partial charge on any atom is 0.159 e. The molecule has 0 amide bonds. The number of nitrogens with zero attached hydrogens (tertiary/aromatic N) is 3. The molecule has 0 bridgehead atoms. The molecule has 5 heteroatoms. The van der Waals surface area contributed by atoms with Crippen molar-refractivity contribution < 1.29 is 0 Å². The molecule has 0 radical (unpaired) electrons. The van der Waals surface area contributed by atoms with Gasteiger partial charge in [0.1, 0.15) is 5.69 Å². The zero-order valence-corrected chi connectivity index (χ0v) is 6.23. The number of H-pyrrole nitrogens is 1. The predicted octanol–water partition coefficient (Wildman–Crippen LogP) is 0.449. The van der Waals surface area contributed by atoms with E-state index in [1.807, 2.05) is 0 Å². The molecule has 0 saturated carbocycles. The Morgan fingerprint density at radius 3 is 2.58 bits per heavy atom. The van der Waals surface area contributed by atoms with Crippen LogP contribution in [-0.4, -0.2) is 19.9 Å². The van der Waals surface area contributed by atoms with Gasteiger partial charge in [-0.15, -0.1) is 0 Å². The SMILES string of the molecule is Nc1nccnc1-c1ncc[nH]1. The van der Waals surface area contributed by atoms with Crippen LogP contribution in [-0.2, 0) is 0 Å². The lowest BCUT2D eigenvalue weighted by Crippen LogP contribution is -1.96. The normalized spacial score (nSPS) is 10.0. The minimum absolute atomic E-state index is 0.382. The third-order valence-corrected chi connectivity index (χ3v) is 1.45. The molecule has 2 heterocycles. The van der Waals surface area contributed by atoms with Crippen molar-refractivity contribution in [1.82, 2.24) is 19.9 Å². The molecule has 3 N–H and O–H groups in total. The van der Waals surface area contributed by atoms with Crippen LogP contribution >= 0.6 is 0 Å². The maximum absolute atomic E-state index is 5.58. The number of aromatic nitrogens is 4. The van der Waals surface area contributed by atoms with Crippen LogP contribution in [0.25, 0.3) is 11.5 Å². The third-order valence-electron chi connectivity index (χ3n) is 1.45. The first kappa shape index (κ1) is 6.78. The summed E-state index contributed by atoms with van der Waals surface area (Å²) in [5.74, 6) is 1.02. The number of imidazole rings is 1. The highest BCUT2D eigenvalue weighted by molar-refractivity contribution is 5.62. The Morgan fingerprint density at radius 2 is 1.92 bits per heavy atom. The molecule has 5 nitrogen and oxygen atoms in total. The molecule has 2 aromatic rings. The molecular weight excluding hydrogens is 154 g/mol. The van der Waals surface area contributed by atoms with E-state index >= 15 is 0 Å². The first-order valence-electron chi connectivity index (χ1n) is 3.44. The van der Waals surface area contributed by atoms with Crippen molar-refractivity contribution in [1.29, 1.82) is 0 Å². The van der Waals surface area contributed by atoms with Crippen molar-refractivity contribution in [3.05, 3.63) is 24.8 Å². The largest absolute Gasteiger partial charge is 0.382 e. The van der Waals surface area contributed by atoms with Crippen molar-refractivity contribution in [3.63, 3.8) is 0 Å². The van der Waals surface area contributed by atoms with Gasteiger partial charge in [-0.05, 0) is 0 Å². The molecule has 0 aliphatic carbocycles. The summed E-state index contributed by atoms with van der Waals surface area (Å²) in [6, 6.07) is 0. The van der Waals surface area contributed by atoms with Crippen LogP contribution in [0.15, 0.2) is 24.8 Å². The van der Waals surface area contributed by atoms with Gasteiger partial charge in [0.15, 0.2) is 11.6 Å². The summed E-state index contributed by atoms with van der Waals surface area (Å²) in [7, 11) is 0. The van der Waals surface area contributed by atoms with E-state index in [0.717, 1.165) is 0 Å². The van der Waals surface area contributed by atoms with Gasteiger partial charge in [-0.2, -0.15) is 0 Å². The first-order valence-corrected chi connectivity index (χ1v) is 3.44. The fraction of sp³-hybridized carbons (Fsp3) is 0. The summed E-state index contributed by atoms with van der Waals surface area (Å²) in [6.07, 6.45) is 6.48. The summed E-state index contributed by atoms with van der Waals surface area (Å²) < 4.78 is 0. The summed E-state index contributed by atoms with van der Waals surface area (Å²) in [5, 5.41) is 0. The van der Waals surface area contributed by atoms with E-state index in [-0.39, 0.29) is 0 Å². The first-order chi connectivity index (χ1) is 5.88. The summed E-state index contributed by atoms with van der Waals surface area (Å²) >= 11 is 0. The highest BCUT2D eigenvalue weighted by atomic mass is 15.0. The van der Waals surface area contributed by atoms with Gasteiger partial charge in [-0.1, -0.05) is 0 Å². The number of aromatic amines is 1. The van der Waals surface area contributed by atoms with E-state index in [1.54, 1.807) is 24.8 Å². The van der Waals surface area contributed by atoms with Crippen LogP contribution in [0.2, 0.25) is 0 Å². The molecule has 0 atom stereocenters. The average Bonchev–Trinajstić information content (AvgIpc) is 2.57. The van der Waals surface area contributed by atoms with Gasteiger partial charge in [0.05, 0.1) is 0 Å². The van der Waals surface area contributed by atoms with Crippen LogP contribution in [0, 0.1) is 0 Å². The molecule has 0 aliphatic rings. The van der Waals surface area contributed by atoms with Gasteiger partial charge >= 0.3 is 0 Å². The van der Waals surface area contributed by atoms with E-state index < -0.39 is 0 Å². The van der Waals surface area contributed by atoms with Gasteiger partial charge in [0, 0.05) is 24.8 Å². The Balaban J connectivity index is 2.55. The van der Waals surface area contributed by atoms with E-state index in [9.17, 15) is 0 Å². The molecule has 0 saturated heterocycles. The van der Waals surface area contributed by atoms with Gasteiger partial charge in [-0.25, -0.2) is 15.0 Å². The molecule has 60 valence electrons. The van der Waals surface area contributed by atoms with Gasteiger partial charge in [0.2, 0.25) is 0 Å². The second-order valence-corrected chi connectivity index (χ2v) is 2.23. The minimum Gasteiger partial charge on any atom is -0.382 e. The number of hydrogen-bond acceptors (Lipinski definition) is 4. The van der Waals surface area contributed by atoms with Crippen LogP contribution in [0.3, 0.4) is 0 Å². The number of nitrogens with one attached hydrogen (secondary N) is 1. The second-order valence-electron chi connectivity index (χ2n) is 2.23.